The van der Waals surface area contributed by atoms with Crippen LogP contribution < -0.4 is 14.4 Å². The minimum Gasteiger partial charge on any atom is -0.497 e. The Morgan fingerprint density at radius 2 is 2.00 bits per heavy atom. The van der Waals surface area contributed by atoms with Crippen molar-refractivity contribution in [3.05, 3.63) is 35.0 Å². The molecule has 0 N–H and O–H groups in total. The van der Waals surface area contributed by atoms with Crippen molar-refractivity contribution in [3.63, 3.8) is 0 Å². The monoisotopic (exact) mass is 414 g/mol. The number of fused-ring (bicyclic) bond motifs is 1. The second kappa shape index (κ2) is 8.00. The molecule has 1 aromatic carbocycles. The van der Waals surface area contributed by atoms with E-state index < -0.39 is 0 Å². The average Bonchev–Trinajstić information content (AvgIpc) is 3.37. The molecule has 154 valence electrons. The molecule has 1 atom stereocenters. The van der Waals surface area contributed by atoms with Gasteiger partial charge in [-0.1, -0.05) is 6.07 Å². The Kier molecular flexibility index (Phi) is 5.42. The van der Waals surface area contributed by atoms with Crippen LogP contribution in [0.5, 0.6) is 11.5 Å². The van der Waals surface area contributed by atoms with Crippen LogP contribution in [0, 0.1) is 0 Å². The van der Waals surface area contributed by atoms with Crippen LogP contribution in [0.4, 0.5) is 5.13 Å². The number of hydrogen-bond acceptors (Lipinski definition) is 8. The first-order valence-corrected chi connectivity index (χ1v) is 10.4. The van der Waals surface area contributed by atoms with Crippen LogP contribution in [-0.2, 0) is 13.1 Å². The maximum Gasteiger partial charge on any atom is 0.185 e. The summed E-state index contributed by atoms with van der Waals surface area (Å²) in [5.41, 5.74) is 2.01. The van der Waals surface area contributed by atoms with Gasteiger partial charge in [0.2, 0.25) is 0 Å². The first kappa shape index (κ1) is 19.7. The van der Waals surface area contributed by atoms with Crippen molar-refractivity contribution >= 4 is 16.5 Å². The maximum absolute atomic E-state index is 5.57. The molecule has 0 spiro atoms. The van der Waals surface area contributed by atoms with E-state index in [-0.39, 0.29) is 6.04 Å². The first-order valence-electron chi connectivity index (χ1n) is 9.53. The summed E-state index contributed by atoms with van der Waals surface area (Å²) < 4.78 is 13.1. The van der Waals surface area contributed by atoms with Gasteiger partial charge in [-0.3, -0.25) is 4.90 Å². The van der Waals surface area contributed by atoms with E-state index in [2.05, 4.69) is 32.7 Å². The molecule has 8 nitrogen and oxygen atoms in total. The van der Waals surface area contributed by atoms with Crippen LogP contribution in [-0.4, -0.2) is 59.5 Å². The summed E-state index contributed by atoms with van der Waals surface area (Å²) in [7, 11) is 7.34. The van der Waals surface area contributed by atoms with Crippen LogP contribution in [0.2, 0.25) is 0 Å². The van der Waals surface area contributed by atoms with Crippen molar-refractivity contribution in [1.29, 1.82) is 0 Å². The van der Waals surface area contributed by atoms with Gasteiger partial charge in [-0.2, -0.15) is 0 Å². The molecular formula is C20H26N6O2S. The Balaban J connectivity index is 1.57. The van der Waals surface area contributed by atoms with Gasteiger partial charge >= 0.3 is 0 Å². The van der Waals surface area contributed by atoms with E-state index in [4.69, 9.17) is 14.5 Å². The van der Waals surface area contributed by atoms with Crippen LogP contribution >= 0.6 is 11.3 Å². The van der Waals surface area contributed by atoms with Crippen LogP contribution in [0.3, 0.4) is 0 Å². The highest BCUT2D eigenvalue weighted by molar-refractivity contribution is 7.14. The Morgan fingerprint density at radius 1 is 1.17 bits per heavy atom. The van der Waals surface area contributed by atoms with Crippen molar-refractivity contribution in [2.45, 2.75) is 26.1 Å². The van der Waals surface area contributed by atoms with Crippen molar-refractivity contribution < 1.29 is 9.47 Å². The van der Waals surface area contributed by atoms with E-state index in [0.29, 0.717) is 0 Å². The summed E-state index contributed by atoms with van der Waals surface area (Å²) >= 11 is 1.62. The second-order valence-corrected chi connectivity index (χ2v) is 8.10. The fraction of sp³-hybridized carbons (Fsp3) is 0.450. The molecule has 1 aliphatic rings. The van der Waals surface area contributed by atoms with Gasteiger partial charge < -0.3 is 18.9 Å². The first-order chi connectivity index (χ1) is 14.0. The molecule has 0 aliphatic carbocycles. The number of rotatable bonds is 6. The lowest BCUT2D eigenvalue weighted by atomic mass is 10.1. The minimum absolute atomic E-state index is 0.142. The molecule has 0 saturated heterocycles. The molecule has 4 rings (SSSR count). The molecule has 0 saturated carbocycles. The molecular weight excluding hydrogens is 388 g/mol. The SMILES string of the molecule is COc1ccc(CN2CCn3c(-c4csc(N(C)C)n4)nnc3[C@H]2C)c(OC)c1. The highest BCUT2D eigenvalue weighted by Crippen LogP contribution is 2.33. The van der Waals surface area contributed by atoms with Crippen LogP contribution in [0.15, 0.2) is 23.6 Å². The van der Waals surface area contributed by atoms with E-state index in [9.17, 15) is 0 Å². The standard InChI is InChI=1S/C20H26N6O2S/c1-13-18-22-23-19(16-12-29-20(21-16)24(2)3)26(18)9-8-25(13)11-14-6-7-15(27-4)10-17(14)28-5/h6-7,10,12-13H,8-9,11H2,1-5H3/t13-/m1/s1. The smallest absolute Gasteiger partial charge is 0.185 e. The van der Waals surface area contributed by atoms with E-state index in [1.165, 1.54) is 0 Å². The molecule has 29 heavy (non-hydrogen) atoms. The number of benzene rings is 1. The summed E-state index contributed by atoms with van der Waals surface area (Å²) in [5, 5.41) is 12.0. The topological polar surface area (TPSA) is 68.5 Å². The van der Waals surface area contributed by atoms with E-state index in [1.807, 2.05) is 36.5 Å². The Morgan fingerprint density at radius 3 is 2.69 bits per heavy atom. The molecule has 3 heterocycles. The number of hydrogen-bond donors (Lipinski definition) is 0. The second-order valence-electron chi connectivity index (χ2n) is 7.27. The molecule has 0 radical (unpaired) electrons. The van der Waals surface area contributed by atoms with E-state index in [0.717, 1.165) is 59.2 Å². The third-order valence-corrected chi connectivity index (χ3v) is 6.29. The van der Waals surface area contributed by atoms with Gasteiger partial charge in [0.25, 0.3) is 0 Å². The molecule has 0 amide bonds. The lowest BCUT2D eigenvalue weighted by Crippen LogP contribution is -2.36. The summed E-state index contributed by atoms with van der Waals surface area (Å²) in [4.78, 5) is 9.09. The highest BCUT2D eigenvalue weighted by Gasteiger charge is 2.29. The fourth-order valence-corrected chi connectivity index (χ4v) is 4.35. The van der Waals surface area contributed by atoms with Gasteiger partial charge in [0.05, 0.1) is 20.3 Å². The summed E-state index contributed by atoms with van der Waals surface area (Å²) in [6.45, 7) is 4.68. The van der Waals surface area contributed by atoms with Crippen LogP contribution in [0.1, 0.15) is 24.4 Å². The minimum atomic E-state index is 0.142. The van der Waals surface area contributed by atoms with E-state index in [1.54, 1.807) is 25.6 Å². The summed E-state index contributed by atoms with van der Waals surface area (Å²) in [6.07, 6.45) is 0. The number of methoxy groups -OCH3 is 2. The van der Waals surface area contributed by atoms with Gasteiger partial charge in [-0.15, -0.1) is 21.5 Å². The number of aromatic nitrogens is 4. The predicted octanol–water partition coefficient (Wildman–Crippen LogP) is 3.06. The van der Waals surface area contributed by atoms with Crippen molar-refractivity contribution in [3.8, 4) is 23.0 Å². The summed E-state index contributed by atoms with van der Waals surface area (Å²) in [5.74, 6) is 3.45. The number of ether oxygens (including phenoxy) is 2. The third-order valence-electron chi connectivity index (χ3n) is 5.28. The molecule has 0 bridgehead atoms. The largest absolute Gasteiger partial charge is 0.497 e. The molecule has 2 aromatic heterocycles. The maximum atomic E-state index is 5.57. The van der Waals surface area contributed by atoms with Crippen molar-refractivity contribution in [2.75, 3.05) is 39.8 Å². The zero-order chi connectivity index (χ0) is 20.5. The number of nitrogens with zero attached hydrogens (tertiary/aromatic N) is 6. The van der Waals surface area contributed by atoms with Gasteiger partial charge in [0.15, 0.2) is 16.8 Å². The third kappa shape index (κ3) is 3.67. The molecule has 1 aliphatic heterocycles. The Labute approximate surface area is 174 Å². The molecule has 0 unspecified atom stereocenters. The quantitative estimate of drug-likeness (QED) is 0.614. The number of thiazole rings is 1. The lowest BCUT2D eigenvalue weighted by molar-refractivity contribution is 0.155. The lowest BCUT2D eigenvalue weighted by Gasteiger charge is -2.33. The normalized spacial score (nSPS) is 16.5. The van der Waals surface area contributed by atoms with Gasteiger partial charge in [0, 0.05) is 50.7 Å². The van der Waals surface area contributed by atoms with Gasteiger partial charge in [-0.25, -0.2) is 4.98 Å². The van der Waals surface area contributed by atoms with Crippen molar-refractivity contribution in [1.82, 2.24) is 24.6 Å². The van der Waals surface area contributed by atoms with Crippen LogP contribution in [0.25, 0.3) is 11.5 Å². The van der Waals surface area contributed by atoms with E-state index >= 15 is 0 Å². The zero-order valence-electron chi connectivity index (χ0n) is 17.4. The Bertz CT molecular complexity index is 999. The van der Waals surface area contributed by atoms with Crippen molar-refractivity contribution in [2.24, 2.45) is 0 Å². The Hall–Kier alpha value is -2.65. The summed E-state index contributed by atoms with van der Waals surface area (Å²) in [6, 6.07) is 6.10. The molecule has 0 fully saturated rings. The highest BCUT2D eigenvalue weighted by atomic mass is 32.1. The molecule has 9 heteroatoms. The average molecular weight is 415 g/mol. The number of anilines is 1. The predicted molar refractivity (Wildman–Crippen MR) is 114 cm³/mol. The molecule has 3 aromatic rings. The van der Waals surface area contributed by atoms with Gasteiger partial charge in [-0.05, 0) is 13.0 Å². The zero-order valence-corrected chi connectivity index (χ0v) is 18.2. The fourth-order valence-electron chi connectivity index (χ4n) is 3.61. The van der Waals surface area contributed by atoms with Gasteiger partial charge in [0.1, 0.15) is 17.2 Å².